The van der Waals surface area contributed by atoms with E-state index < -0.39 is 12.3 Å². The van der Waals surface area contributed by atoms with E-state index in [0.717, 1.165) is 37.5 Å². The third-order valence-corrected chi connectivity index (χ3v) is 7.35. The standard InChI is InChI=1S/C22H36F2/c1-15-3-6-17(7-4-15)8-9-18-10-12-19(13-11-18)20-14-5-16(2)21(23)22(20)24/h8-9,15-22H,3-7,10-14H2,1-2H3. The summed E-state index contributed by atoms with van der Waals surface area (Å²) in [5.74, 6) is 2.71. The second-order valence-electron chi connectivity index (χ2n) is 9.19. The van der Waals surface area contributed by atoms with Crippen molar-refractivity contribution >= 4 is 0 Å². The van der Waals surface area contributed by atoms with Crippen molar-refractivity contribution in [2.24, 2.45) is 35.5 Å². The van der Waals surface area contributed by atoms with E-state index in [9.17, 15) is 8.78 Å². The van der Waals surface area contributed by atoms with Gasteiger partial charge in [0.2, 0.25) is 0 Å². The first kappa shape index (κ1) is 18.4. The average molecular weight is 339 g/mol. The minimum atomic E-state index is -1.23. The number of rotatable bonds is 3. The van der Waals surface area contributed by atoms with Crippen LogP contribution in [0.5, 0.6) is 0 Å². The minimum absolute atomic E-state index is 0.0130. The summed E-state index contributed by atoms with van der Waals surface area (Å²) in [6.45, 7) is 4.23. The van der Waals surface area contributed by atoms with E-state index in [2.05, 4.69) is 19.1 Å². The molecule has 0 aromatic rings. The van der Waals surface area contributed by atoms with Crippen LogP contribution in [0, 0.1) is 35.5 Å². The molecule has 0 aromatic heterocycles. The smallest absolute Gasteiger partial charge is 0.134 e. The molecule has 3 fully saturated rings. The van der Waals surface area contributed by atoms with Crippen molar-refractivity contribution in [1.82, 2.24) is 0 Å². The molecule has 24 heavy (non-hydrogen) atoms. The van der Waals surface area contributed by atoms with Gasteiger partial charge in [0.25, 0.3) is 0 Å². The predicted molar refractivity (Wildman–Crippen MR) is 97.4 cm³/mol. The maximum absolute atomic E-state index is 14.4. The molecule has 0 spiro atoms. The van der Waals surface area contributed by atoms with E-state index in [1.165, 1.54) is 38.5 Å². The molecule has 138 valence electrons. The predicted octanol–water partition coefficient (Wildman–Crippen LogP) is 6.90. The maximum Gasteiger partial charge on any atom is 0.134 e. The van der Waals surface area contributed by atoms with Gasteiger partial charge in [-0.3, -0.25) is 0 Å². The third kappa shape index (κ3) is 4.41. The number of halogens is 2. The summed E-state index contributed by atoms with van der Waals surface area (Å²) in [7, 11) is 0. The average Bonchev–Trinajstić information content (AvgIpc) is 2.60. The van der Waals surface area contributed by atoms with Gasteiger partial charge in [0.15, 0.2) is 0 Å². The lowest BCUT2D eigenvalue weighted by Gasteiger charge is -2.40. The summed E-state index contributed by atoms with van der Waals surface area (Å²) in [6.07, 6.45) is 14.3. The fraction of sp³-hybridized carbons (Fsp3) is 0.909. The highest BCUT2D eigenvalue weighted by molar-refractivity contribution is 4.98. The van der Waals surface area contributed by atoms with Crippen LogP contribution in [0.3, 0.4) is 0 Å². The lowest BCUT2D eigenvalue weighted by Crippen LogP contribution is -2.41. The van der Waals surface area contributed by atoms with Crippen LogP contribution in [0.2, 0.25) is 0 Å². The van der Waals surface area contributed by atoms with Crippen molar-refractivity contribution in [3.05, 3.63) is 12.2 Å². The van der Waals surface area contributed by atoms with Gasteiger partial charge in [-0.1, -0.05) is 38.8 Å². The zero-order valence-electron chi connectivity index (χ0n) is 15.6. The number of alkyl halides is 2. The summed E-state index contributed by atoms with van der Waals surface area (Å²) in [5, 5.41) is 0. The summed E-state index contributed by atoms with van der Waals surface area (Å²) in [4.78, 5) is 0. The largest absolute Gasteiger partial charge is 0.244 e. The zero-order valence-corrected chi connectivity index (χ0v) is 15.6. The second-order valence-corrected chi connectivity index (χ2v) is 9.19. The normalized spacial score (nSPS) is 47.8. The maximum atomic E-state index is 14.4. The van der Waals surface area contributed by atoms with Gasteiger partial charge in [0.1, 0.15) is 12.3 Å². The molecule has 3 rings (SSSR count). The van der Waals surface area contributed by atoms with Gasteiger partial charge in [0, 0.05) is 0 Å². The highest BCUT2D eigenvalue weighted by Crippen LogP contribution is 2.44. The van der Waals surface area contributed by atoms with E-state index in [1.807, 2.05) is 6.92 Å². The Morgan fingerprint density at radius 3 is 1.75 bits per heavy atom. The van der Waals surface area contributed by atoms with E-state index in [-0.39, 0.29) is 11.8 Å². The van der Waals surface area contributed by atoms with Crippen molar-refractivity contribution in [2.45, 2.75) is 90.4 Å². The van der Waals surface area contributed by atoms with Crippen LogP contribution in [-0.4, -0.2) is 12.3 Å². The van der Waals surface area contributed by atoms with Gasteiger partial charge < -0.3 is 0 Å². The Bertz CT molecular complexity index is 402. The van der Waals surface area contributed by atoms with Crippen molar-refractivity contribution in [2.75, 3.05) is 0 Å². The second kappa shape index (κ2) is 8.32. The molecule has 0 amide bonds. The molecule has 0 nitrogen and oxygen atoms in total. The molecule has 3 saturated carbocycles. The zero-order chi connectivity index (χ0) is 17.1. The Kier molecular flexibility index (Phi) is 6.38. The number of hydrogen-bond donors (Lipinski definition) is 0. The molecule has 0 bridgehead atoms. The topological polar surface area (TPSA) is 0 Å². The summed E-state index contributed by atoms with van der Waals surface area (Å²) in [6, 6.07) is 0. The van der Waals surface area contributed by atoms with Crippen molar-refractivity contribution in [3.8, 4) is 0 Å². The first-order valence-corrected chi connectivity index (χ1v) is 10.5. The van der Waals surface area contributed by atoms with Crippen LogP contribution in [0.15, 0.2) is 12.2 Å². The van der Waals surface area contributed by atoms with Crippen LogP contribution in [0.4, 0.5) is 8.78 Å². The van der Waals surface area contributed by atoms with Crippen LogP contribution in [0.1, 0.15) is 78.1 Å². The summed E-state index contributed by atoms with van der Waals surface area (Å²) < 4.78 is 28.4. The van der Waals surface area contributed by atoms with Crippen LogP contribution < -0.4 is 0 Å². The highest BCUT2D eigenvalue weighted by atomic mass is 19.2. The molecule has 4 atom stereocenters. The van der Waals surface area contributed by atoms with Gasteiger partial charge >= 0.3 is 0 Å². The molecule has 0 aromatic carbocycles. The Morgan fingerprint density at radius 2 is 1.17 bits per heavy atom. The van der Waals surface area contributed by atoms with Crippen LogP contribution in [0.25, 0.3) is 0 Å². The molecule has 3 aliphatic carbocycles. The Morgan fingerprint density at radius 1 is 0.625 bits per heavy atom. The van der Waals surface area contributed by atoms with Gasteiger partial charge in [-0.25, -0.2) is 8.78 Å². The van der Waals surface area contributed by atoms with E-state index in [1.54, 1.807) is 0 Å². The van der Waals surface area contributed by atoms with Crippen LogP contribution >= 0.6 is 0 Å². The molecule has 2 heteroatoms. The molecule has 0 saturated heterocycles. The van der Waals surface area contributed by atoms with Crippen molar-refractivity contribution < 1.29 is 8.78 Å². The fourth-order valence-corrected chi connectivity index (χ4v) is 5.38. The van der Waals surface area contributed by atoms with E-state index in [4.69, 9.17) is 0 Å². The van der Waals surface area contributed by atoms with Crippen LogP contribution in [-0.2, 0) is 0 Å². The lowest BCUT2D eigenvalue weighted by atomic mass is 9.68. The van der Waals surface area contributed by atoms with Gasteiger partial charge in [-0.05, 0) is 86.9 Å². The van der Waals surface area contributed by atoms with Crippen molar-refractivity contribution in [1.29, 1.82) is 0 Å². The number of hydrogen-bond acceptors (Lipinski definition) is 0. The number of allylic oxidation sites excluding steroid dienone is 2. The fourth-order valence-electron chi connectivity index (χ4n) is 5.38. The Hall–Kier alpha value is -0.400. The molecular weight excluding hydrogens is 302 g/mol. The molecule has 0 N–H and O–H groups in total. The molecule has 0 heterocycles. The van der Waals surface area contributed by atoms with Crippen molar-refractivity contribution in [3.63, 3.8) is 0 Å². The molecule has 3 aliphatic rings. The minimum Gasteiger partial charge on any atom is -0.244 e. The Labute approximate surface area is 147 Å². The SMILES string of the molecule is CC1CCC(C=CC2CCC(C3CCC(C)C(F)C3F)CC2)CC1. The third-order valence-electron chi connectivity index (χ3n) is 7.35. The van der Waals surface area contributed by atoms with Gasteiger partial charge in [-0.2, -0.15) is 0 Å². The van der Waals surface area contributed by atoms with E-state index in [0.29, 0.717) is 11.8 Å². The molecule has 4 unspecified atom stereocenters. The molecule has 0 radical (unpaired) electrons. The van der Waals surface area contributed by atoms with Gasteiger partial charge in [-0.15, -0.1) is 0 Å². The Balaban J connectivity index is 1.44. The molecular formula is C22H36F2. The molecule has 0 aliphatic heterocycles. The highest BCUT2D eigenvalue weighted by Gasteiger charge is 2.42. The lowest BCUT2D eigenvalue weighted by molar-refractivity contribution is -0.00498. The first-order valence-electron chi connectivity index (χ1n) is 10.5. The first-order chi connectivity index (χ1) is 11.5. The van der Waals surface area contributed by atoms with E-state index >= 15 is 0 Å². The summed E-state index contributed by atoms with van der Waals surface area (Å²) in [5.41, 5.74) is 0. The van der Waals surface area contributed by atoms with Gasteiger partial charge in [0.05, 0.1) is 0 Å². The quantitative estimate of drug-likeness (QED) is 0.491. The monoisotopic (exact) mass is 338 g/mol. The summed E-state index contributed by atoms with van der Waals surface area (Å²) >= 11 is 0.